The van der Waals surface area contributed by atoms with Gasteiger partial charge in [0, 0.05) is 10.6 Å². The largest absolute Gasteiger partial charge is 0.260 e. The third-order valence-electron chi connectivity index (χ3n) is 5.48. The summed E-state index contributed by atoms with van der Waals surface area (Å²) in [6.07, 6.45) is 5.13. The fourth-order valence-electron chi connectivity index (χ4n) is 4.08. The molecule has 0 fully saturated rings. The zero-order valence-corrected chi connectivity index (χ0v) is 17.0. The van der Waals surface area contributed by atoms with Gasteiger partial charge in [0.25, 0.3) is 5.78 Å². The predicted octanol–water partition coefficient (Wildman–Crippen LogP) is 4.40. The normalized spacial score (nSPS) is 17.0. The number of fused-ring (bicyclic) bond motifs is 8. The van der Waals surface area contributed by atoms with Crippen LogP contribution in [0.3, 0.4) is 0 Å². The van der Waals surface area contributed by atoms with E-state index in [1.54, 1.807) is 18.1 Å². The lowest BCUT2D eigenvalue weighted by molar-refractivity contribution is 0.508. The number of aromatic nitrogens is 6. The van der Waals surface area contributed by atoms with Crippen LogP contribution in [0.25, 0.3) is 21.6 Å². The van der Waals surface area contributed by atoms with Crippen LogP contribution >= 0.6 is 23.1 Å². The Hall–Kier alpha value is -2.45. The molecule has 0 amide bonds. The maximum atomic E-state index is 4.58. The fraction of sp³-hybridized carbons (Fsp3) is 0.300. The molecule has 0 aliphatic heterocycles. The Kier molecular flexibility index (Phi) is 3.70. The molecule has 8 heteroatoms. The number of hydrogen-bond acceptors (Lipinski definition) is 6. The molecule has 140 valence electrons. The first kappa shape index (κ1) is 16.5. The standard InChI is InChI=1S/C20H18N6S2/c1-12-7-8-15-14(9-12)16-17-21-11-22-26(17)19-23-24-20(25(19)18(16)28-15)27-10-13-5-3-2-4-6-13/h2-6,11-12H,7-10H2,1H3/t12-/m1/s1. The van der Waals surface area contributed by atoms with Crippen molar-refractivity contribution in [1.29, 1.82) is 0 Å². The average molecular weight is 407 g/mol. The van der Waals surface area contributed by atoms with E-state index in [4.69, 9.17) is 0 Å². The fourth-order valence-corrected chi connectivity index (χ4v) is 6.37. The number of hydrogen-bond donors (Lipinski definition) is 0. The molecule has 6 rings (SSSR count). The van der Waals surface area contributed by atoms with Crippen molar-refractivity contribution in [2.45, 2.75) is 37.1 Å². The van der Waals surface area contributed by atoms with Gasteiger partial charge in [0.1, 0.15) is 11.2 Å². The second kappa shape index (κ2) is 6.28. The molecule has 0 N–H and O–H groups in total. The van der Waals surface area contributed by atoms with Gasteiger partial charge in [-0.3, -0.25) is 0 Å². The van der Waals surface area contributed by atoms with Gasteiger partial charge in [0.15, 0.2) is 10.8 Å². The predicted molar refractivity (Wildman–Crippen MR) is 112 cm³/mol. The van der Waals surface area contributed by atoms with E-state index in [2.05, 4.69) is 55.9 Å². The van der Waals surface area contributed by atoms with Crippen LogP contribution in [0.4, 0.5) is 0 Å². The summed E-state index contributed by atoms with van der Waals surface area (Å²) in [6, 6.07) is 10.5. The molecule has 0 saturated carbocycles. The second-order valence-corrected chi connectivity index (χ2v) is 9.45. The van der Waals surface area contributed by atoms with Crippen molar-refractivity contribution >= 4 is 44.7 Å². The molecule has 0 saturated heterocycles. The highest BCUT2D eigenvalue weighted by Crippen LogP contribution is 2.41. The van der Waals surface area contributed by atoms with Gasteiger partial charge in [0.05, 0.1) is 5.39 Å². The molecule has 4 heterocycles. The molecule has 0 radical (unpaired) electrons. The minimum Gasteiger partial charge on any atom is -0.244 e. The molecule has 1 aliphatic rings. The van der Waals surface area contributed by atoms with Crippen LogP contribution in [-0.4, -0.2) is 29.2 Å². The lowest BCUT2D eigenvalue weighted by Gasteiger charge is -2.17. The maximum absolute atomic E-state index is 4.58. The lowest BCUT2D eigenvalue weighted by atomic mass is 9.89. The molecule has 0 bridgehead atoms. The first-order valence-corrected chi connectivity index (χ1v) is 11.3. The zero-order valence-electron chi connectivity index (χ0n) is 15.4. The van der Waals surface area contributed by atoms with Crippen LogP contribution in [0.1, 0.15) is 29.3 Å². The summed E-state index contributed by atoms with van der Waals surface area (Å²) in [6.45, 7) is 2.34. The topological polar surface area (TPSA) is 60.4 Å². The smallest absolute Gasteiger partial charge is 0.244 e. The number of nitrogens with zero attached hydrogens (tertiary/aromatic N) is 6. The monoisotopic (exact) mass is 406 g/mol. The van der Waals surface area contributed by atoms with E-state index in [-0.39, 0.29) is 0 Å². The van der Waals surface area contributed by atoms with Crippen molar-refractivity contribution in [3.05, 3.63) is 52.7 Å². The van der Waals surface area contributed by atoms with Gasteiger partial charge in [-0.05, 0) is 36.3 Å². The highest BCUT2D eigenvalue weighted by molar-refractivity contribution is 7.98. The summed E-state index contributed by atoms with van der Waals surface area (Å²) in [4.78, 5) is 7.26. The molecule has 1 aliphatic carbocycles. The average Bonchev–Trinajstić information content (AvgIpc) is 3.42. The van der Waals surface area contributed by atoms with E-state index in [0.717, 1.165) is 35.2 Å². The highest BCUT2D eigenvalue weighted by Gasteiger charge is 2.26. The Balaban J connectivity index is 1.58. The molecular formula is C20H18N6S2. The lowest BCUT2D eigenvalue weighted by Crippen LogP contribution is -2.09. The van der Waals surface area contributed by atoms with Crippen molar-refractivity contribution in [3.8, 4) is 0 Å². The Bertz CT molecular complexity index is 1320. The van der Waals surface area contributed by atoms with Crippen molar-refractivity contribution in [2.75, 3.05) is 0 Å². The summed E-state index contributed by atoms with van der Waals surface area (Å²) >= 11 is 3.60. The molecule has 6 nitrogen and oxygen atoms in total. The van der Waals surface area contributed by atoms with Crippen LogP contribution in [0.15, 0.2) is 41.8 Å². The minimum atomic E-state index is 0.705. The molecule has 28 heavy (non-hydrogen) atoms. The minimum absolute atomic E-state index is 0.705. The van der Waals surface area contributed by atoms with E-state index in [0.29, 0.717) is 5.92 Å². The SMILES string of the molecule is C[C@@H]1CCc2sc3c(c2C1)c1ncnn1c1nnc(SCc2ccccc2)n31. The summed E-state index contributed by atoms with van der Waals surface area (Å²) in [5.74, 6) is 2.31. The number of rotatable bonds is 3. The Morgan fingerprint density at radius 2 is 2.11 bits per heavy atom. The molecule has 5 aromatic rings. The number of benzene rings is 1. The van der Waals surface area contributed by atoms with Crippen LogP contribution in [0.5, 0.6) is 0 Å². The van der Waals surface area contributed by atoms with E-state index in [9.17, 15) is 0 Å². The first-order chi connectivity index (χ1) is 13.8. The Morgan fingerprint density at radius 1 is 1.21 bits per heavy atom. The van der Waals surface area contributed by atoms with Crippen molar-refractivity contribution in [2.24, 2.45) is 5.92 Å². The molecular weight excluding hydrogens is 388 g/mol. The van der Waals surface area contributed by atoms with E-state index < -0.39 is 0 Å². The quantitative estimate of drug-likeness (QED) is 0.416. The molecule has 1 aromatic carbocycles. The van der Waals surface area contributed by atoms with Gasteiger partial charge in [-0.2, -0.15) is 9.61 Å². The Morgan fingerprint density at radius 3 is 3.00 bits per heavy atom. The Labute approximate surface area is 169 Å². The van der Waals surface area contributed by atoms with Crippen molar-refractivity contribution in [1.82, 2.24) is 29.2 Å². The van der Waals surface area contributed by atoms with Crippen LogP contribution in [-0.2, 0) is 18.6 Å². The number of aryl methyl sites for hydroxylation is 1. The second-order valence-electron chi connectivity index (χ2n) is 7.42. The van der Waals surface area contributed by atoms with E-state index in [1.807, 2.05) is 21.9 Å². The van der Waals surface area contributed by atoms with Gasteiger partial charge in [-0.1, -0.05) is 49.0 Å². The van der Waals surface area contributed by atoms with Crippen molar-refractivity contribution in [3.63, 3.8) is 0 Å². The van der Waals surface area contributed by atoms with Gasteiger partial charge in [-0.15, -0.1) is 21.5 Å². The number of thiophene rings is 1. The maximum Gasteiger partial charge on any atom is 0.260 e. The first-order valence-electron chi connectivity index (χ1n) is 9.47. The number of thioether (sulfide) groups is 1. The summed E-state index contributed by atoms with van der Waals surface area (Å²) in [7, 11) is 0. The van der Waals surface area contributed by atoms with Crippen LogP contribution in [0, 0.1) is 5.92 Å². The summed E-state index contributed by atoms with van der Waals surface area (Å²) < 4.78 is 4.02. The zero-order chi connectivity index (χ0) is 18.7. The van der Waals surface area contributed by atoms with Gasteiger partial charge in [-0.25, -0.2) is 9.38 Å². The van der Waals surface area contributed by atoms with Crippen LogP contribution in [0.2, 0.25) is 0 Å². The molecule has 0 unspecified atom stereocenters. The molecule has 4 aromatic heterocycles. The van der Waals surface area contributed by atoms with Gasteiger partial charge in [0.2, 0.25) is 0 Å². The highest BCUT2D eigenvalue weighted by atomic mass is 32.2. The summed E-state index contributed by atoms with van der Waals surface area (Å²) in [5.41, 5.74) is 3.63. The third-order valence-corrected chi connectivity index (χ3v) is 7.76. The van der Waals surface area contributed by atoms with Gasteiger partial charge >= 0.3 is 0 Å². The van der Waals surface area contributed by atoms with E-state index >= 15 is 0 Å². The molecule has 0 spiro atoms. The van der Waals surface area contributed by atoms with Crippen molar-refractivity contribution < 1.29 is 0 Å². The van der Waals surface area contributed by atoms with Crippen LogP contribution < -0.4 is 0 Å². The third kappa shape index (κ3) is 2.41. The van der Waals surface area contributed by atoms with E-state index in [1.165, 1.54) is 32.6 Å². The molecule has 1 atom stereocenters. The van der Waals surface area contributed by atoms with Gasteiger partial charge < -0.3 is 0 Å². The summed E-state index contributed by atoms with van der Waals surface area (Å²) in [5, 5.41) is 15.6.